The Bertz CT molecular complexity index is 765. The molecule has 0 amide bonds. The summed E-state index contributed by atoms with van der Waals surface area (Å²) >= 11 is 0. The SMILES string of the molecule is Cc1noc2nc(-c3cccnc3)cc(C(=O)O)c12. The van der Waals surface area contributed by atoms with E-state index in [2.05, 4.69) is 15.1 Å². The molecule has 0 aliphatic heterocycles. The van der Waals surface area contributed by atoms with E-state index >= 15 is 0 Å². The Morgan fingerprint density at radius 3 is 2.95 bits per heavy atom. The zero-order valence-corrected chi connectivity index (χ0v) is 9.99. The van der Waals surface area contributed by atoms with Crippen LogP contribution in [-0.2, 0) is 0 Å². The Hall–Kier alpha value is -2.76. The first-order chi connectivity index (χ1) is 9.16. The highest BCUT2D eigenvalue weighted by molar-refractivity contribution is 6.03. The average molecular weight is 255 g/mol. The van der Waals surface area contributed by atoms with Crippen molar-refractivity contribution in [3.8, 4) is 11.3 Å². The number of carboxylic acids is 1. The van der Waals surface area contributed by atoms with E-state index in [0.29, 0.717) is 16.8 Å². The van der Waals surface area contributed by atoms with E-state index < -0.39 is 5.97 Å². The van der Waals surface area contributed by atoms with E-state index in [0.717, 1.165) is 5.56 Å². The smallest absolute Gasteiger partial charge is 0.336 e. The Balaban J connectivity index is 2.32. The predicted octanol–water partition coefficient (Wildman–Crippen LogP) is 2.29. The summed E-state index contributed by atoms with van der Waals surface area (Å²) in [5, 5.41) is 13.5. The molecule has 3 rings (SSSR count). The number of carboxylic acid groups (broad SMARTS) is 1. The molecule has 1 N–H and O–H groups in total. The van der Waals surface area contributed by atoms with Gasteiger partial charge in [0.15, 0.2) is 0 Å². The van der Waals surface area contributed by atoms with Crippen LogP contribution in [0.15, 0.2) is 35.1 Å². The maximum atomic E-state index is 11.3. The molecule has 0 saturated heterocycles. The van der Waals surface area contributed by atoms with Crippen LogP contribution in [0.3, 0.4) is 0 Å². The third kappa shape index (κ3) is 1.83. The van der Waals surface area contributed by atoms with Crippen LogP contribution in [-0.4, -0.2) is 26.2 Å². The molecule has 0 spiro atoms. The van der Waals surface area contributed by atoms with E-state index in [-0.39, 0.29) is 11.3 Å². The lowest BCUT2D eigenvalue weighted by atomic mass is 10.1. The maximum absolute atomic E-state index is 11.3. The molecule has 0 unspecified atom stereocenters. The van der Waals surface area contributed by atoms with Gasteiger partial charge in [0.05, 0.1) is 22.3 Å². The van der Waals surface area contributed by atoms with Crippen LogP contribution < -0.4 is 0 Å². The molecule has 0 radical (unpaired) electrons. The first-order valence-electron chi connectivity index (χ1n) is 5.57. The van der Waals surface area contributed by atoms with Gasteiger partial charge in [-0.05, 0) is 25.1 Å². The minimum absolute atomic E-state index is 0.127. The fourth-order valence-electron chi connectivity index (χ4n) is 1.93. The number of aromatic nitrogens is 3. The molecular formula is C13H9N3O3. The van der Waals surface area contributed by atoms with Crippen LogP contribution >= 0.6 is 0 Å². The quantitative estimate of drug-likeness (QED) is 0.755. The summed E-state index contributed by atoms with van der Waals surface area (Å²) in [7, 11) is 0. The third-order valence-electron chi connectivity index (χ3n) is 2.80. The summed E-state index contributed by atoms with van der Waals surface area (Å²) in [6.45, 7) is 1.68. The molecule has 0 fully saturated rings. The molecule has 0 aromatic carbocycles. The Kier molecular flexibility index (Phi) is 2.49. The fourth-order valence-corrected chi connectivity index (χ4v) is 1.93. The number of carbonyl (C=O) groups is 1. The largest absolute Gasteiger partial charge is 0.478 e. The second-order valence-corrected chi connectivity index (χ2v) is 4.05. The summed E-state index contributed by atoms with van der Waals surface area (Å²) in [6.07, 6.45) is 3.25. The second kappa shape index (κ2) is 4.16. The summed E-state index contributed by atoms with van der Waals surface area (Å²) in [5.74, 6) is -1.04. The van der Waals surface area contributed by atoms with E-state index in [1.54, 1.807) is 31.5 Å². The van der Waals surface area contributed by atoms with Crippen molar-refractivity contribution in [2.45, 2.75) is 6.92 Å². The van der Waals surface area contributed by atoms with Crippen molar-refractivity contribution in [3.63, 3.8) is 0 Å². The lowest BCUT2D eigenvalue weighted by Crippen LogP contribution is -2.00. The van der Waals surface area contributed by atoms with Gasteiger partial charge in [0.25, 0.3) is 5.71 Å². The normalized spacial score (nSPS) is 10.8. The Morgan fingerprint density at radius 1 is 1.42 bits per heavy atom. The number of rotatable bonds is 2. The van der Waals surface area contributed by atoms with Crippen LogP contribution in [0.2, 0.25) is 0 Å². The van der Waals surface area contributed by atoms with Crippen LogP contribution in [0.1, 0.15) is 16.1 Å². The zero-order chi connectivity index (χ0) is 13.4. The van der Waals surface area contributed by atoms with E-state index in [1.165, 1.54) is 6.07 Å². The Labute approximate surface area is 107 Å². The molecule has 3 heterocycles. The molecule has 6 heteroatoms. The summed E-state index contributed by atoms with van der Waals surface area (Å²) < 4.78 is 5.06. The van der Waals surface area contributed by atoms with Gasteiger partial charge in [-0.25, -0.2) is 9.78 Å². The van der Waals surface area contributed by atoms with Gasteiger partial charge < -0.3 is 9.63 Å². The second-order valence-electron chi connectivity index (χ2n) is 4.05. The van der Waals surface area contributed by atoms with Crippen LogP contribution in [0.25, 0.3) is 22.4 Å². The molecule has 0 atom stereocenters. The number of hydrogen-bond acceptors (Lipinski definition) is 5. The highest BCUT2D eigenvalue weighted by Gasteiger charge is 2.18. The molecule has 0 saturated carbocycles. The first kappa shape index (κ1) is 11.3. The van der Waals surface area contributed by atoms with Gasteiger partial charge in [0.1, 0.15) is 0 Å². The van der Waals surface area contributed by atoms with Gasteiger partial charge in [-0.3, -0.25) is 4.98 Å². The van der Waals surface area contributed by atoms with Crippen LogP contribution in [0.5, 0.6) is 0 Å². The number of aromatic carboxylic acids is 1. The fraction of sp³-hybridized carbons (Fsp3) is 0.0769. The molecule has 0 aliphatic carbocycles. The van der Waals surface area contributed by atoms with Gasteiger partial charge in [0, 0.05) is 18.0 Å². The topological polar surface area (TPSA) is 89.1 Å². The van der Waals surface area contributed by atoms with Crippen molar-refractivity contribution >= 4 is 17.1 Å². The van der Waals surface area contributed by atoms with Gasteiger partial charge >= 0.3 is 5.97 Å². The number of nitrogens with zero attached hydrogens (tertiary/aromatic N) is 3. The van der Waals surface area contributed by atoms with Crippen molar-refractivity contribution < 1.29 is 14.4 Å². The highest BCUT2D eigenvalue weighted by atomic mass is 16.5. The van der Waals surface area contributed by atoms with Crippen LogP contribution in [0, 0.1) is 6.92 Å². The van der Waals surface area contributed by atoms with E-state index in [4.69, 9.17) is 4.52 Å². The van der Waals surface area contributed by atoms with Gasteiger partial charge in [0.2, 0.25) is 0 Å². The van der Waals surface area contributed by atoms with E-state index in [1.807, 2.05) is 0 Å². The summed E-state index contributed by atoms with van der Waals surface area (Å²) in [6, 6.07) is 5.06. The van der Waals surface area contributed by atoms with Crippen molar-refractivity contribution in [2.24, 2.45) is 0 Å². The number of fused-ring (bicyclic) bond motifs is 1. The van der Waals surface area contributed by atoms with E-state index in [9.17, 15) is 9.90 Å². The number of aryl methyl sites for hydroxylation is 1. The molecule has 3 aromatic rings. The number of hydrogen-bond donors (Lipinski definition) is 1. The predicted molar refractivity (Wildman–Crippen MR) is 66.7 cm³/mol. The summed E-state index contributed by atoms with van der Waals surface area (Å²) in [4.78, 5) is 19.6. The van der Waals surface area contributed by atoms with Crippen molar-refractivity contribution in [1.29, 1.82) is 0 Å². The zero-order valence-electron chi connectivity index (χ0n) is 9.99. The minimum atomic E-state index is -1.04. The molecule has 0 bridgehead atoms. The maximum Gasteiger partial charge on any atom is 0.336 e. The molecule has 6 nitrogen and oxygen atoms in total. The monoisotopic (exact) mass is 255 g/mol. The minimum Gasteiger partial charge on any atom is -0.478 e. The lowest BCUT2D eigenvalue weighted by molar-refractivity contribution is 0.0699. The molecular weight excluding hydrogens is 246 g/mol. The lowest BCUT2D eigenvalue weighted by Gasteiger charge is -2.02. The Morgan fingerprint density at radius 2 is 2.26 bits per heavy atom. The van der Waals surface area contributed by atoms with Crippen molar-refractivity contribution in [2.75, 3.05) is 0 Å². The number of pyridine rings is 2. The molecule has 94 valence electrons. The van der Waals surface area contributed by atoms with Gasteiger partial charge in [-0.1, -0.05) is 5.16 Å². The summed E-state index contributed by atoms with van der Waals surface area (Å²) in [5.41, 5.74) is 2.08. The van der Waals surface area contributed by atoms with Crippen molar-refractivity contribution in [1.82, 2.24) is 15.1 Å². The van der Waals surface area contributed by atoms with Crippen molar-refractivity contribution in [3.05, 3.63) is 41.9 Å². The first-order valence-corrected chi connectivity index (χ1v) is 5.57. The molecule has 19 heavy (non-hydrogen) atoms. The van der Waals surface area contributed by atoms with Gasteiger partial charge in [-0.2, -0.15) is 0 Å². The van der Waals surface area contributed by atoms with Gasteiger partial charge in [-0.15, -0.1) is 0 Å². The molecule has 3 aromatic heterocycles. The highest BCUT2D eigenvalue weighted by Crippen LogP contribution is 2.26. The van der Waals surface area contributed by atoms with Crippen LogP contribution in [0.4, 0.5) is 0 Å². The molecule has 0 aliphatic rings. The average Bonchev–Trinajstić information content (AvgIpc) is 2.80. The third-order valence-corrected chi connectivity index (χ3v) is 2.80. The standard InChI is InChI=1S/C13H9N3O3/c1-7-11-9(13(17)18)5-10(15-12(11)19-16-7)8-3-2-4-14-6-8/h2-6H,1H3,(H,17,18).